The average Bonchev–Trinajstić information content (AvgIpc) is 3.62. The Labute approximate surface area is 239 Å². The summed E-state index contributed by atoms with van der Waals surface area (Å²) in [4.78, 5) is 17.5. The van der Waals surface area contributed by atoms with Gasteiger partial charge in [-0.2, -0.15) is 23.7 Å². The molecule has 5 rings (SSSR count). The number of nitrogens with one attached hydrogen (secondary N) is 2. The van der Waals surface area contributed by atoms with Crippen LogP contribution in [0.25, 0.3) is 10.9 Å². The first-order chi connectivity index (χ1) is 19.8. The first kappa shape index (κ1) is 28.6. The van der Waals surface area contributed by atoms with Gasteiger partial charge in [-0.05, 0) is 42.5 Å². The van der Waals surface area contributed by atoms with Crippen molar-refractivity contribution in [2.75, 3.05) is 17.2 Å². The van der Waals surface area contributed by atoms with Gasteiger partial charge < -0.3 is 15.2 Å². The minimum absolute atomic E-state index is 0.0995. The van der Waals surface area contributed by atoms with Crippen molar-refractivity contribution in [1.29, 1.82) is 10.5 Å². The fraction of sp³-hybridized carbons (Fsp3) is 0.379. The van der Waals surface area contributed by atoms with Crippen molar-refractivity contribution < 1.29 is 13.2 Å². The van der Waals surface area contributed by atoms with E-state index in [1.807, 2.05) is 20.8 Å². The van der Waals surface area contributed by atoms with E-state index in [1.54, 1.807) is 31.4 Å². The maximum atomic E-state index is 13.8. The van der Waals surface area contributed by atoms with E-state index in [0.717, 1.165) is 4.68 Å². The number of aromatic nitrogens is 5. The molecule has 1 unspecified atom stereocenters. The summed E-state index contributed by atoms with van der Waals surface area (Å²) in [6.45, 7) is 6.62. The zero-order valence-corrected chi connectivity index (χ0v) is 23.4. The molecular weight excluding hydrogens is 547 g/mol. The van der Waals surface area contributed by atoms with E-state index in [4.69, 9.17) is 0 Å². The molecule has 42 heavy (non-hydrogen) atoms. The van der Waals surface area contributed by atoms with E-state index < -0.39 is 17.8 Å². The Hall–Kier alpha value is -4.91. The molecule has 1 saturated carbocycles. The molecule has 1 aliphatic carbocycles. The van der Waals surface area contributed by atoms with E-state index in [0.29, 0.717) is 28.8 Å². The Kier molecular flexibility index (Phi) is 6.93. The van der Waals surface area contributed by atoms with Crippen LogP contribution in [0, 0.1) is 28.1 Å². The summed E-state index contributed by atoms with van der Waals surface area (Å²) in [5, 5.41) is 34.6. The van der Waals surface area contributed by atoms with Gasteiger partial charge in [-0.15, -0.1) is 5.10 Å². The number of aryl methyl sites for hydroxylation is 1. The Morgan fingerprint density at radius 1 is 1.14 bits per heavy atom. The van der Waals surface area contributed by atoms with Crippen LogP contribution in [-0.4, -0.2) is 37.3 Å². The van der Waals surface area contributed by atoms with Crippen LogP contribution < -0.4 is 16.2 Å². The molecular formula is C29H28F3N9O. The molecule has 1 atom stereocenters. The van der Waals surface area contributed by atoms with Gasteiger partial charge in [-0.1, -0.05) is 26.0 Å². The second-order valence-electron chi connectivity index (χ2n) is 11.7. The molecule has 0 amide bonds. The van der Waals surface area contributed by atoms with E-state index in [2.05, 4.69) is 38.1 Å². The molecule has 0 bridgehead atoms. The summed E-state index contributed by atoms with van der Waals surface area (Å²) < 4.78 is 43.6. The van der Waals surface area contributed by atoms with Crippen molar-refractivity contribution in [3.8, 4) is 12.1 Å². The number of anilines is 2. The number of rotatable bonds is 7. The maximum absolute atomic E-state index is 13.8. The van der Waals surface area contributed by atoms with Crippen LogP contribution in [0.3, 0.4) is 0 Å². The molecule has 0 saturated heterocycles. The van der Waals surface area contributed by atoms with Crippen molar-refractivity contribution >= 4 is 22.3 Å². The number of nitrogens with zero attached hydrogens (tertiary/aromatic N) is 7. The Morgan fingerprint density at radius 2 is 1.86 bits per heavy atom. The Balaban J connectivity index is 1.65. The average molecular weight is 576 g/mol. The van der Waals surface area contributed by atoms with Crippen molar-refractivity contribution in [2.24, 2.45) is 12.5 Å². The third-order valence-corrected chi connectivity index (χ3v) is 7.28. The fourth-order valence-corrected chi connectivity index (χ4v) is 4.80. The van der Waals surface area contributed by atoms with Crippen molar-refractivity contribution in [1.82, 2.24) is 24.5 Å². The zero-order valence-electron chi connectivity index (χ0n) is 23.4. The number of pyridine rings is 2. The van der Waals surface area contributed by atoms with E-state index in [1.165, 1.54) is 23.0 Å². The molecule has 4 aromatic rings. The second-order valence-corrected chi connectivity index (χ2v) is 11.7. The lowest BCUT2D eigenvalue weighted by Gasteiger charge is -2.22. The lowest BCUT2D eigenvalue weighted by Crippen LogP contribution is -2.35. The Morgan fingerprint density at radius 3 is 2.48 bits per heavy atom. The molecule has 3 heterocycles. The van der Waals surface area contributed by atoms with Gasteiger partial charge >= 0.3 is 6.18 Å². The number of halogens is 3. The third kappa shape index (κ3) is 5.14. The largest absolute Gasteiger partial charge is 0.413 e. The van der Waals surface area contributed by atoms with Crippen LogP contribution in [0.1, 0.15) is 62.0 Å². The van der Waals surface area contributed by atoms with Gasteiger partial charge in [0.1, 0.15) is 23.9 Å². The summed E-state index contributed by atoms with van der Waals surface area (Å²) in [5.41, 5.74) is -0.582. The molecule has 3 aromatic heterocycles. The summed E-state index contributed by atoms with van der Waals surface area (Å²) in [6.07, 6.45) is -0.550. The standard InChI is InChI=1S/C29H28F3N9O/c1-27(2,3)16-36-24-18(13-34)14-35-23-17(12-33)10-19(11-21(23)24)37-25(20-6-5-9-40(4)26(20)42)22-15-41(39-38-22)28(7-8-28)29(30,31)32/h5-6,9-11,14-15,25,37H,7-8,16H2,1-4H3,(H,35,36). The van der Waals surface area contributed by atoms with Gasteiger partial charge in [0.2, 0.25) is 0 Å². The molecule has 0 spiro atoms. The topological polar surface area (TPSA) is 137 Å². The van der Waals surface area contributed by atoms with Gasteiger partial charge in [-0.3, -0.25) is 9.78 Å². The molecule has 2 N–H and O–H groups in total. The predicted octanol–water partition coefficient (Wildman–Crippen LogP) is 4.98. The second kappa shape index (κ2) is 10.2. The number of benzene rings is 1. The number of alkyl halides is 3. The summed E-state index contributed by atoms with van der Waals surface area (Å²) in [7, 11) is 1.56. The van der Waals surface area contributed by atoms with Gasteiger partial charge in [0.15, 0.2) is 5.54 Å². The normalized spacial score (nSPS) is 15.1. The highest BCUT2D eigenvalue weighted by atomic mass is 19.4. The molecule has 1 aromatic carbocycles. The van der Waals surface area contributed by atoms with Gasteiger partial charge in [0, 0.05) is 42.6 Å². The number of hydrogen-bond donors (Lipinski definition) is 2. The maximum Gasteiger partial charge on any atom is 0.413 e. The summed E-state index contributed by atoms with van der Waals surface area (Å²) in [5.74, 6) is 0. The summed E-state index contributed by atoms with van der Waals surface area (Å²) >= 11 is 0. The van der Waals surface area contributed by atoms with Crippen LogP contribution >= 0.6 is 0 Å². The molecule has 216 valence electrons. The molecule has 0 aliphatic heterocycles. The molecule has 10 nitrogen and oxygen atoms in total. The van der Waals surface area contributed by atoms with Crippen LogP contribution in [0.15, 0.2) is 47.7 Å². The quantitative estimate of drug-likeness (QED) is 0.315. The number of nitriles is 2. The molecule has 1 aliphatic rings. The van der Waals surface area contributed by atoms with Gasteiger partial charge in [0.05, 0.1) is 28.5 Å². The minimum atomic E-state index is -4.51. The monoisotopic (exact) mass is 575 g/mol. The lowest BCUT2D eigenvalue weighted by molar-refractivity contribution is -0.182. The smallest absolute Gasteiger partial charge is 0.383 e. The van der Waals surface area contributed by atoms with E-state index in [9.17, 15) is 28.5 Å². The van der Waals surface area contributed by atoms with Crippen LogP contribution in [0.2, 0.25) is 0 Å². The van der Waals surface area contributed by atoms with Gasteiger partial charge in [0.25, 0.3) is 5.56 Å². The molecule has 13 heteroatoms. The van der Waals surface area contributed by atoms with Crippen LogP contribution in [0.4, 0.5) is 24.5 Å². The highest BCUT2D eigenvalue weighted by Crippen LogP contribution is 2.55. The first-order valence-corrected chi connectivity index (χ1v) is 13.2. The molecule has 1 fully saturated rings. The predicted molar refractivity (Wildman–Crippen MR) is 150 cm³/mol. The SMILES string of the molecule is Cn1cccc(C(Nc2cc(C#N)c3ncc(C#N)c(NCC(C)(C)C)c3c2)c2cn(C3(C(F)(F)F)CC3)nn2)c1=O. The van der Waals surface area contributed by atoms with Crippen molar-refractivity contribution in [2.45, 2.75) is 51.4 Å². The highest BCUT2D eigenvalue weighted by molar-refractivity contribution is 5.99. The Bertz CT molecular complexity index is 1820. The number of hydrogen-bond acceptors (Lipinski definition) is 8. The molecule has 0 radical (unpaired) electrons. The highest BCUT2D eigenvalue weighted by Gasteiger charge is 2.66. The minimum Gasteiger partial charge on any atom is -0.383 e. The first-order valence-electron chi connectivity index (χ1n) is 13.2. The van der Waals surface area contributed by atoms with Crippen molar-refractivity contribution in [3.63, 3.8) is 0 Å². The van der Waals surface area contributed by atoms with Crippen LogP contribution in [-0.2, 0) is 12.6 Å². The van der Waals surface area contributed by atoms with E-state index >= 15 is 0 Å². The van der Waals surface area contributed by atoms with Crippen molar-refractivity contribution in [3.05, 3.63) is 75.6 Å². The number of fused-ring (bicyclic) bond motifs is 1. The lowest BCUT2D eigenvalue weighted by atomic mass is 9.96. The third-order valence-electron chi connectivity index (χ3n) is 7.28. The van der Waals surface area contributed by atoms with E-state index in [-0.39, 0.29) is 46.2 Å². The van der Waals surface area contributed by atoms with Gasteiger partial charge in [-0.25, -0.2) is 4.68 Å². The fourth-order valence-electron chi connectivity index (χ4n) is 4.80. The zero-order chi connectivity index (χ0) is 30.4. The van der Waals surface area contributed by atoms with Crippen LogP contribution in [0.5, 0.6) is 0 Å². The summed E-state index contributed by atoms with van der Waals surface area (Å²) in [6, 6.07) is 9.70.